The second-order valence-electron chi connectivity index (χ2n) is 3.88. The number of benzene rings is 2. The lowest BCUT2D eigenvalue weighted by Gasteiger charge is -2.08. The Bertz CT molecular complexity index is 461. The Morgan fingerprint density at radius 1 is 0.765 bits per heavy atom. The van der Waals surface area contributed by atoms with E-state index in [9.17, 15) is 0 Å². The molecule has 0 heterocycles. The summed E-state index contributed by atoms with van der Waals surface area (Å²) in [6.45, 7) is 0. The molecule has 0 aliphatic rings. The quantitative estimate of drug-likeness (QED) is 0.742. The van der Waals surface area contributed by atoms with Gasteiger partial charge >= 0.3 is 0 Å². The van der Waals surface area contributed by atoms with E-state index in [1.54, 1.807) is 14.2 Å². The van der Waals surface area contributed by atoms with E-state index in [4.69, 9.17) is 9.47 Å². The highest BCUT2D eigenvalue weighted by Crippen LogP contribution is 2.16. The summed E-state index contributed by atoms with van der Waals surface area (Å²) in [4.78, 5) is 0. The zero-order chi connectivity index (χ0) is 12.1. The van der Waals surface area contributed by atoms with Crippen molar-refractivity contribution in [1.82, 2.24) is 0 Å². The van der Waals surface area contributed by atoms with Crippen LogP contribution in [0.4, 0.5) is 0 Å². The van der Waals surface area contributed by atoms with Crippen LogP contribution >= 0.6 is 0 Å². The van der Waals surface area contributed by atoms with Crippen LogP contribution in [0.5, 0.6) is 11.5 Å². The van der Waals surface area contributed by atoms with Gasteiger partial charge in [-0.15, -0.1) is 0 Å². The fourth-order valence-electron chi connectivity index (χ4n) is 1.80. The van der Waals surface area contributed by atoms with Crippen molar-refractivity contribution in [2.75, 3.05) is 14.2 Å². The summed E-state index contributed by atoms with van der Waals surface area (Å²) < 4.78 is 10.6. The van der Waals surface area contributed by atoms with Gasteiger partial charge in [0, 0.05) is 6.07 Å². The van der Waals surface area contributed by atoms with Crippen molar-refractivity contribution in [3.8, 4) is 11.5 Å². The van der Waals surface area contributed by atoms with E-state index in [0.29, 0.717) is 0 Å². The number of methoxy groups -OCH3 is 2. The highest BCUT2D eigenvalue weighted by molar-refractivity contribution is 6.67. The largest absolute Gasteiger partial charge is 0.497 e. The van der Waals surface area contributed by atoms with Crippen LogP contribution in [0.15, 0.2) is 48.5 Å². The molecule has 2 aromatic carbocycles. The topological polar surface area (TPSA) is 18.5 Å². The molecule has 0 saturated carbocycles. The third kappa shape index (κ3) is 3.11. The molecule has 0 fully saturated rings. The lowest BCUT2D eigenvalue weighted by molar-refractivity contribution is 0.395. The van der Waals surface area contributed by atoms with E-state index in [2.05, 4.69) is 36.4 Å². The minimum atomic E-state index is -0.456. The summed E-state index contributed by atoms with van der Waals surface area (Å²) in [6, 6.07) is 16.7. The smallest absolute Gasteiger partial charge is 0.122 e. The Kier molecular flexibility index (Phi) is 3.83. The fraction of sp³-hybridized carbons (Fsp3) is 0.143. The van der Waals surface area contributed by atoms with E-state index in [1.807, 2.05) is 12.1 Å². The van der Waals surface area contributed by atoms with Crippen LogP contribution in [0.1, 0.15) is 0 Å². The summed E-state index contributed by atoms with van der Waals surface area (Å²) in [5, 5.41) is 2.75. The lowest BCUT2D eigenvalue weighted by atomic mass is 10.3. The Labute approximate surface area is 104 Å². The van der Waals surface area contributed by atoms with Crippen molar-refractivity contribution in [3.05, 3.63) is 48.5 Å². The van der Waals surface area contributed by atoms with Gasteiger partial charge in [-0.25, -0.2) is 0 Å². The summed E-state index contributed by atoms with van der Waals surface area (Å²) in [5.41, 5.74) is 0. The molecule has 0 saturated heterocycles. The van der Waals surface area contributed by atoms with E-state index >= 15 is 0 Å². The van der Waals surface area contributed by atoms with Gasteiger partial charge in [-0.3, -0.25) is 0 Å². The molecule has 2 rings (SSSR count). The lowest BCUT2D eigenvalue weighted by Crippen LogP contribution is -2.26. The zero-order valence-corrected chi connectivity index (χ0v) is 11.6. The molecule has 0 spiro atoms. The summed E-state index contributed by atoms with van der Waals surface area (Å²) >= 11 is 0. The molecule has 0 bridgehead atoms. The predicted octanol–water partition coefficient (Wildman–Crippen LogP) is 0.823. The van der Waals surface area contributed by atoms with Gasteiger partial charge in [-0.05, 0) is 12.1 Å². The predicted molar refractivity (Wildman–Crippen MR) is 73.8 cm³/mol. The first kappa shape index (κ1) is 11.7. The first-order valence-electron chi connectivity index (χ1n) is 5.57. The summed E-state index contributed by atoms with van der Waals surface area (Å²) in [5.74, 6) is 1.73. The Morgan fingerprint density at radius 2 is 1.35 bits per heavy atom. The van der Waals surface area contributed by atoms with Crippen molar-refractivity contribution in [2.45, 2.75) is 0 Å². The molecular formula is C14H16O2Si. The molecule has 0 N–H and O–H groups in total. The maximum absolute atomic E-state index is 5.28. The Morgan fingerprint density at radius 3 is 1.88 bits per heavy atom. The third-order valence-electron chi connectivity index (χ3n) is 2.66. The molecular weight excluding hydrogens is 228 g/mol. The molecule has 0 aromatic heterocycles. The standard InChI is InChI=1S/C14H16O2Si/c1-15-11-8-12(16-2)10-14(9-11)17-13-6-4-3-5-7-13/h3-10H,17H2,1-2H3. The first-order valence-corrected chi connectivity index (χ1v) is 6.99. The second-order valence-corrected chi connectivity index (χ2v) is 5.87. The molecule has 0 unspecified atom stereocenters. The first-order chi connectivity index (χ1) is 8.31. The maximum Gasteiger partial charge on any atom is 0.122 e. The summed E-state index contributed by atoms with van der Waals surface area (Å²) in [6.07, 6.45) is 0. The van der Waals surface area contributed by atoms with Gasteiger partial charge in [0.2, 0.25) is 0 Å². The van der Waals surface area contributed by atoms with E-state index < -0.39 is 9.52 Å². The van der Waals surface area contributed by atoms with Gasteiger partial charge in [-0.2, -0.15) is 0 Å². The van der Waals surface area contributed by atoms with Crippen molar-refractivity contribution in [3.63, 3.8) is 0 Å². The van der Waals surface area contributed by atoms with Crippen LogP contribution in [-0.2, 0) is 0 Å². The fourth-order valence-corrected chi connectivity index (χ4v) is 3.39. The monoisotopic (exact) mass is 244 g/mol. The Balaban J connectivity index is 2.26. The van der Waals surface area contributed by atoms with Crippen molar-refractivity contribution in [1.29, 1.82) is 0 Å². The van der Waals surface area contributed by atoms with E-state index in [-0.39, 0.29) is 0 Å². The van der Waals surface area contributed by atoms with Crippen LogP contribution in [0.25, 0.3) is 0 Å². The normalized spacial score (nSPS) is 10.7. The molecule has 0 radical (unpaired) electrons. The van der Waals surface area contributed by atoms with Crippen LogP contribution in [-0.4, -0.2) is 23.7 Å². The van der Waals surface area contributed by atoms with E-state index in [1.165, 1.54) is 10.4 Å². The van der Waals surface area contributed by atoms with Crippen LogP contribution in [0.2, 0.25) is 0 Å². The molecule has 3 heteroatoms. The van der Waals surface area contributed by atoms with Gasteiger partial charge in [0.05, 0.1) is 23.7 Å². The maximum atomic E-state index is 5.28. The Hall–Kier alpha value is -1.74. The van der Waals surface area contributed by atoms with Gasteiger partial charge in [-0.1, -0.05) is 40.7 Å². The van der Waals surface area contributed by atoms with Gasteiger partial charge < -0.3 is 9.47 Å². The van der Waals surface area contributed by atoms with Gasteiger partial charge in [0.1, 0.15) is 11.5 Å². The molecule has 88 valence electrons. The molecule has 17 heavy (non-hydrogen) atoms. The molecule has 2 aromatic rings. The van der Waals surface area contributed by atoms with Crippen molar-refractivity contribution < 1.29 is 9.47 Å². The van der Waals surface area contributed by atoms with Crippen LogP contribution < -0.4 is 19.8 Å². The number of rotatable bonds is 4. The number of ether oxygens (including phenoxy) is 2. The van der Waals surface area contributed by atoms with Crippen LogP contribution in [0, 0.1) is 0 Å². The molecule has 0 aliphatic carbocycles. The number of hydrogen-bond acceptors (Lipinski definition) is 2. The summed E-state index contributed by atoms with van der Waals surface area (Å²) in [7, 11) is 2.91. The van der Waals surface area contributed by atoms with Crippen LogP contribution in [0.3, 0.4) is 0 Å². The van der Waals surface area contributed by atoms with Crippen molar-refractivity contribution in [2.24, 2.45) is 0 Å². The highest BCUT2D eigenvalue weighted by Gasteiger charge is 2.03. The SMILES string of the molecule is COc1cc(OC)cc([SiH2]c2ccccc2)c1. The van der Waals surface area contributed by atoms with Crippen molar-refractivity contribution >= 4 is 19.9 Å². The third-order valence-corrected chi connectivity index (χ3v) is 4.36. The van der Waals surface area contributed by atoms with Gasteiger partial charge in [0.25, 0.3) is 0 Å². The average Bonchev–Trinajstić information content (AvgIpc) is 2.39. The molecule has 2 nitrogen and oxygen atoms in total. The number of hydrogen-bond donors (Lipinski definition) is 0. The molecule has 0 aliphatic heterocycles. The zero-order valence-electron chi connectivity index (χ0n) is 10.1. The minimum absolute atomic E-state index is 0.456. The average molecular weight is 244 g/mol. The molecule has 0 atom stereocenters. The van der Waals surface area contributed by atoms with Gasteiger partial charge in [0.15, 0.2) is 0 Å². The second kappa shape index (κ2) is 5.55. The highest BCUT2D eigenvalue weighted by atomic mass is 28.2. The van der Waals surface area contributed by atoms with E-state index in [0.717, 1.165) is 11.5 Å². The minimum Gasteiger partial charge on any atom is -0.497 e. The molecule has 0 amide bonds.